The van der Waals surface area contributed by atoms with Crippen molar-refractivity contribution in [1.82, 2.24) is 15.1 Å². The number of likely N-dealkylation sites (N-methyl/N-ethyl adjacent to an activating group) is 1. The summed E-state index contributed by atoms with van der Waals surface area (Å²) in [5.41, 5.74) is 1.08. The molecule has 2 unspecified atom stereocenters. The van der Waals surface area contributed by atoms with E-state index in [1.165, 1.54) is 0 Å². The molecule has 0 bridgehead atoms. The normalized spacial score (nSPS) is 28.4. The van der Waals surface area contributed by atoms with Gasteiger partial charge in [-0.3, -0.25) is 25.0 Å². The maximum Gasteiger partial charge on any atom is 0.290 e. The second-order valence-corrected chi connectivity index (χ2v) is 7.56. The van der Waals surface area contributed by atoms with Crippen LogP contribution >= 0.6 is 11.8 Å². The highest BCUT2D eigenvalue weighted by Crippen LogP contribution is 2.35. The molecule has 0 aromatic carbocycles. The van der Waals surface area contributed by atoms with Crippen LogP contribution in [0.4, 0.5) is 4.79 Å². The third-order valence-electron chi connectivity index (χ3n) is 4.74. The first-order chi connectivity index (χ1) is 11.8. The second-order valence-electron chi connectivity index (χ2n) is 6.54. The Morgan fingerprint density at radius 3 is 2.72 bits per heavy atom. The zero-order valence-corrected chi connectivity index (χ0v) is 14.9. The number of thioether (sulfide) groups is 1. The zero-order valence-electron chi connectivity index (χ0n) is 14.1. The van der Waals surface area contributed by atoms with Gasteiger partial charge in [-0.1, -0.05) is 6.08 Å². The number of nitro groups is 1. The van der Waals surface area contributed by atoms with Gasteiger partial charge in [-0.15, -0.1) is 0 Å². The molecule has 9 heteroatoms. The summed E-state index contributed by atoms with van der Waals surface area (Å²) in [7, 11) is 4.08. The quantitative estimate of drug-likeness (QED) is 0.459. The van der Waals surface area contributed by atoms with Gasteiger partial charge >= 0.3 is 0 Å². The monoisotopic (exact) mass is 364 g/mol. The molecule has 2 atom stereocenters. The molecule has 1 N–H and O–H groups in total. The van der Waals surface area contributed by atoms with Crippen LogP contribution in [0.25, 0.3) is 0 Å². The first kappa shape index (κ1) is 17.7. The molecule has 3 rings (SSSR count). The van der Waals surface area contributed by atoms with Crippen LogP contribution in [0.2, 0.25) is 0 Å². The van der Waals surface area contributed by atoms with Crippen molar-refractivity contribution >= 4 is 22.9 Å². The second kappa shape index (κ2) is 7.01. The standard InChI is InChI=1S/C16H20N4O4S/c1-18(2)12-5-6-19(9-12)13-4-3-11(20(23)24)7-10(13)8-14-15(21)17-16(22)25-14/h3-4,8,10,12H,5-7,9H2,1-2H3,(H,17,21,22)/b14-8-. The summed E-state index contributed by atoms with van der Waals surface area (Å²) in [6, 6.07) is 0.431. The van der Waals surface area contributed by atoms with Crippen LogP contribution in [-0.4, -0.2) is 59.1 Å². The first-order valence-electron chi connectivity index (χ1n) is 8.06. The van der Waals surface area contributed by atoms with E-state index in [2.05, 4.69) is 15.1 Å². The number of hydrogen-bond donors (Lipinski definition) is 1. The molecule has 2 amide bonds. The first-order valence-corrected chi connectivity index (χ1v) is 8.88. The number of carbonyl (C=O) groups excluding carboxylic acids is 2. The molecule has 2 fully saturated rings. The number of carbonyl (C=O) groups is 2. The predicted octanol–water partition coefficient (Wildman–Crippen LogP) is 1.55. The number of nitrogens with one attached hydrogen (secondary N) is 1. The third-order valence-corrected chi connectivity index (χ3v) is 5.57. The van der Waals surface area contributed by atoms with Crippen LogP contribution < -0.4 is 5.32 Å². The molecular weight excluding hydrogens is 344 g/mol. The van der Waals surface area contributed by atoms with E-state index in [0.717, 1.165) is 37.0 Å². The number of imide groups is 1. The highest BCUT2D eigenvalue weighted by atomic mass is 32.2. The lowest BCUT2D eigenvalue weighted by Crippen LogP contribution is -2.33. The Labute approximate surface area is 149 Å². The minimum absolute atomic E-state index is 0.115. The SMILES string of the molecule is CN(C)C1CCN(C2=CC=C([N+](=O)[O-])CC2/C=C2\SC(=O)NC2=O)C1. The van der Waals surface area contributed by atoms with E-state index in [4.69, 9.17) is 0 Å². The maximum absolute atomic E-state index is 11.8. The Hall–Kier alpha value is -2.13. The molecule has 2 aliphatic heterocycles. The average Bonchev–Trinajstić information content (AvgIpc) is 3.14. The lowest BCUT2D eigenvalue weighted by Gasteiger charge is -2.29. The molecule has 0 aromatic rings. The van der Waals surface area contributed by atoms with Crippen molar-refractivity contribution in [3.05, 3.63) is 44.6 Å². The number of rotatable bonds is 4. The molecule has 134 valence electrons. The van der Waals surface area contributed by atoms with E-state index in [1.807, 2.05) is 14.1 Å². The summed E-state index contributed by atoms with van der Waals surface area (Å²) < 4.78 is 0. The summed E-state index contributed by atoms with van der Waals surface area (Å²) in [4.78, 5) is 38.7. The van der Waals surface area contributed by atoms with Crippen LogP contribution in [0.1, 0.15) is 12.8 Å². The minimum atomic E-state index is -0.431. The summed E-state index contributed by atoms with van der Waals surface area (Å²) in [5, 5.41) is 13.0. The fourth-order valence-electron chi connectivity index (χ4n) is 3.34. The van der Waals surface area contributed by atoms with Crippen molar-refractivity contribution in [3.8, 4) is 0 Å². The lowest BCUT2D eigenvalue weighted by molar-refractivity contribution is -0.428. The molecule has 0 saturated carbocycles. The maximum atomic E-state index is 11.8. The van der Waals surface area contributed by atoms with Crippen molar-refractivity contribution in [3.63, 3.8) is 0 Å². The number of nitrogens with zero attached hydrogens (tertiary/aromatic N) is 3. The molecule has 0 aromatic heterocycles. The van der Waals surface area contributed by atoms with Crippen molar-refractivity contribution in [2.45, 2.75) is 18.9 Å². The fraction of sp³-hybridized carbons (Fsp3) is 0.500. The number of hydrogen-bond acceptors (Lipinski definition) is 7. The van der Waals surface area contributed by atoms with E-state index < -0.39 is 16.1 Å². The lowest BCUT2D eigenvalue weighted by atomic mass is 9.93. The van der Waals surface area contributed by atoms with Crippen molar-refractivity contribution in [2.24, 2.45) is 5.92 Å². The van der Waals surface area contributed by atoms with Gasteiger partial charge in [0, 0.05) is 36.8 Å². The Bertz CT molecular complexity index is 713. The van der Waals surface area contributed by atoms with E-state index in [9.17, 15) is 19.7 Å². The molecular formula is C16H20N4O4S. The van der Waals surface area contributed by atoms with Gasteiger partial charge in [-0.2, -0.15) is 0 Å². The van der Waals surface area contributed by atoms with Gasteiger partial charge in [-0.25, -0.2) is 0 Å². The Morgan fingerprint density at radius 2 is 2.16 bits per heavy atom. The van der Waals surface area contributed by atoms with Crippen LogP contribution in [0, 0.1) is 16.0 Å². The summed E-state index contributed by atoms with van der Waals surface area (Å²) in [6.07, 6.45) is 6.25. The molecule has 2 saturated heterocycles. The van der Waals surface area contributed by atoms with Crippen LogP contribution in [0.5, 0.6) is 0 Å². The number of likely N-dealkylation sites (tertiary alicyclic amines) is 1. The Kier molecular flexibility index (Phi) is 4.96. The largest absolute Gasteiger partial charge is 0.373 e. The van der Waals surface area contributed by atoms with Crippen molar-refractivity contribution in [2.75, 3.05) is 27.2 Å². The third kappa shape index (κ3) is 3.77. The molecule has 0 radical (unpaired) electrons. The highest BCUT2D eigenvalue weighted by molar-refractivity contribution is 8.18. The molecule has 8 nitrogen and oxygen atoms in total. The van der Waals surface area contributed by atoms with Gasteiger partial charge in [-0.05, 0) is 38.4 Å². The molecule has 3 aliphatic rings. The summed E-state index contributed by atoms with van der Waals surface area (Å²) in [5.74, 6) is -0.718. The smallest absolute Gasteiger partial charge is 0.290 e. The zero-order chi connectivity index (χ0) is 18.1. The summed E-state index contributed by atoms with van der Waals surface area (Å²) >= 11 is 0.845. The Morgan fingerprint density at radius 1 is 1.40 bits per heavy atom. The number of allylic oxidation sites excluding steroid dienone is 4. The Balaban J connectivity index is 1.87. The topological polar surface area (TPSA) is 95.8 Å². The average molecular weight is 364 g/mol. The van der Waals surface area contributed by atoms with Gasteiger partial charge in [0.05, 0.1) is 16.2 Å². The van der Waals surface area contributed by atoms with E-state index >= 15 is 0 Å². The molecule has 2 heterocycles. The van der Waals surface area contributed by atoms with Crippen LogP contribution in [-0.2, 0) is 4.79 Å². The van der Waals surface area contributed by atoms with Crippen LogP contribution in [0.3, 0.4) is 0 Å². The molecule has 25 heavy (non-hydrogen) atoms. The van der Waals surface area contributed by atoms with E-state index in [-0.39, 0.29) is 18.0 Å². The number of amides is 2. The molecule has 0 spiro atoms. The van der Waals surface area contributed by atoms with Crippen molar-refractivity contribution < 1.29 is 14.5 Å². The van der Waals surface area contributed by atoms with Gasteiger partial charge in [0.15, 0.2) is 0 Å². The predicted molar refractivity (Wildman–Crippen MR) is 94.1 cm³/mol. The van der Waals surface area contributed by atoms with Gasteiger partial charge in [0.2, 0.25) is 5.70 Å². The highest BCUT2D eigenvalue weighted by Gasteiger charge is 2.34. The molecule has 1 aliphatic carbocycles. The minimum Gasteiger partial charge on any atom is -0.373 e. The van der Waals surface area contributed by atoms with E-state index in [1.54, 1.807) is 18.2 Å². The fourth-order valence-corrected chi connectivity index (χ4v) is 4.06. The van der Waals surface area contributed by atoms with E-state index in [0.29, 0.717) is 10.9 Å². The van der Waals surface area contributed by atoms with Gasteiger partial charge in [0.1, 0.15) is 0 Å². The van der Waals surface area contributed by atoms with Crippen molar-refractivity contribution in [1.29, 1.82) is 0 Å². The summed E-state index contributed by atoms with van der Waals surface area (Å²) in [6.45, 7) is 1.71. The van der Waals surface area contributed by atoms with Gasteiger partial charge in [0.25, 0.3) is 11.1 Å². The van der Waals surface area contributed by atoms with Crippen LogP contribution in [0.15, 0.2) is 34.5 Å². The van der Waals surface area contributed by atoms with Gasteiger partial charge < -0.3 is 9.80 Å².